The molecule has 0 saturated heterocycles. The highest BCUT2D eigenvalue weighted by atomic mass is 19.2. The molecular weight excluding hydrogens is 390 g/mol. The molecular formula is C23H26F2N2O3. The molecule has 7 heteroatoms. The van der Waals surface area contributed by atoms with Gasteiger partial charge in [0.25, 0.3) is 0 Å². The average Bonchev–Trinajstić information content (AvgIpc) is 3.12. The third-order valence-electron chi connectivity index (χ3n) is 5.58. The van der Waals surface area contributed by atoms with Gasteiger partial charge in [0.2, 0.25) is 5.91 Å². The van der Waals surface area contributed by atoms with Crippen molar-refractivity contribution in [2.24, 2.45) is 0 Å². The maximum absolute atomic E-state index is 14.2. The molecule has 1 heterocycles. The van der Waals surface area contributed by atoms with E-state index >= 15 is 0 Å². The van der Waals surface area contributed by atoms with Crippen LogP contribution in [0.2, 0.25) is 0 Å². The lowest BCUT2D eigenvalue weighted by atomic mass is 9.94. The summed E-state index contributed by atoms with van der Waals surface area (Å²) in [6.45, 7) is 4.83. The first-order valence-corrected chi connectivity index (χ1v) is 10.0. The van der Waals surface area contributed by atoms with E-state index in [2.05, 4.69) is 5.32 Å². The minimum atomic E-state index is -1.08. The number of hydrogen-bond donors (Lipinski definition) is 2. The van der Waals surface area contributed by atoms with Crippen LogP contribution in [-0.4, -0.2) is 30.1 Å². The van der Waals surface area contributed by atoms with Crippen LogP contribution < -0.4 is 10.2 Å². The first-order valence-electron chi connectivity index (χ1n) is 10.0. The molecule has 0 fully saturated rings. The van der Waals surface area contributed by atoms with Crippen molar-refractivity contribution in [3.05, 3.63) is 64.7 Å². The molecule has 1 amide bonds. The number of fused-ring (bicyclic) bond motifs is 1. The number of carboxylic acids is 1. The van der Waals surface area contributed by atoms with Crippen LogP contribution in [0.3, 0.4) is 0 Å². The highest BCUT2D eigenvalue weighted by Gasteiger charge is 2.30. The third kappa shape index (κ3) is 4.67. The second-order valence-electron chi connectivity index (χ2n) is 8.01. The quantitative estimate of drug-likeness (QED) is 0.687. The van der Waals surface area contributed by atoms with E-state index in [1.165, 1.54) is 4.90 Å². The predicted octanol–water partition coefficient (Wildman–Crippen LogP) is 3.79. The molecule has 5 nitrogen and oxygen atoms in total. The molecule has 2 aromatic carbocycles. The summed E-state index contributed by atoms with van der Waals surface area (Å²) in [6.07, 6.45) is 0.199. The molecule has 2 aromatic rings. The van der Waals surface area contributed by atoms with E-state index in [0.29, 0.717) is 30.8 Å². The number of benzene rings is 2. The van der Waals surface area contributed by atoms with E-state index in [4.69, 9.17) is 5.11 Å². The van der Waals surface area contributed by atoms with Crippen molar-refractivity contribution in [3.63, 3.8) is 0 Å². The number of carbonyl (C=O) groups excluding carboxylic acids is 1. The van der Waals surface area contributed by atoms with Gasteiger partial charge >= 0.3 is 5.97 Å². The van der Waals surface area contributed by atoms with Gasteiger partial charge in [0.05, 0.1) is 5.69 Å². The van der Waals surface area contributed by atoms with Gasteiger partial charge in [-0.15, -0.1) is 0 Å². The van der Waals surface area contributed by atoms with Crippen LogP contribution >= 0.6 is 0 Å². The Hall–Kier alpha value is -2.80. The SMILES string of the molecule is CC(C)(NCCC(=O)N1CCc2c1cc(F)c(F)c2CCC(=O)O)c1ccccc1. The summed E-state index contributed by atoms with van der Waals surface area (Å²) >= 11 is 0. The van der Waals surface area contributed by atoms with Gasteiger partial charge in [0.15, 0.2) is 11.6 Å². The molecule has 0 bridgehead atoms. The van der Waals surface area contributed by atoms with Gasteiger partial charge in [-0.3, -0.25) is 9.59 Å². The van der Waals surface area contributed by atoms with Gasteiger partial charge in [-0.05, 0) is 43.4 Å². The fourth-order valence-electron chi connectivity index (χ4n) is 3.89. The summed E-state index contributed by atoms with van der Waals surface area (Å²) in [5.74, 6) is -3.33. The normalized spacial score (nSPS) is 13.4. The largest absolute Gasteiger partial charge is 0.481 e. The summed E-state index contributed by atoms with van der Waals surface area (Å²) in [5, 5.41) is 12.3. The molecule has 3 rings (SSSR count). The summed E-state index contributed by atoms with van der Waals surface area (Å²) in [5.41, 5.74) is 1.72. The van der Waals surface area contributed by atoms with Crippen LogP contribution in [0.5, 0.6) is 0 Å². The van der Waals surface area contributed by atoms with Gasteiger partial charge in [-0.2, -0.15) is 0 Å². The number of nitrogens with one attached hydrogen (secondary N) is 1. The van der Waals surface area contributed by atoms with Gasteiger partial charge in [0, 0.05) is 37.5 Å². The molecule has 1 aliphatic heterocycles. The molecule has 2 N–H and O–H groups in total. The Morgan fingerprint density at radius 2 is 1.87 bits per heavy atom. The maximum atomic E-state index is 14.2. The zero-order valence-corrected chi connectivity index (χ0v) is 17.2. The standard InChI is InChI=1S/C23H26F2N2O3/c1-23(2,15-6-4-3-5-7-15)26-12-10-20(28)27-13-11-16-17(8-9-21(29)30)22(25)18(24)14-19(16)27/h3-7,14,26H,8-13H2,1-2H3,(H,29,30). The molecule has 0 saturated carbocycles. The monoisotopic (exact) mass is 416 g/mol. The number of amides is 1. The van der Waals surface area contributed by atoms with Crippen molar-refractivity contribution in [1.82, 2.24) is 5.32 Å². The number of carboxylic acid groups (broad SMARTS) is 1. The Bertz CT molecular complexity index is 945. The van der Waals surface area contributed by atoms with Crippen molar-refractivity contribution in [2.45, 2.75) is 45.1 Å². The van der Waals surface area contributed by atoms with Gasteiger partial charge in [-0.25, -0.2) is 8.78 Å². The molecule has 1 aliphatic rings. The van der Waals surface area contributed by atoms with Gasteiger partial charge in [0.1, 0.15) is 0 Å². The third-order valence-corrected chi connectivity index (χ3v) is 5.58. The minimum Gasteiger partial charge on any atom is -0.481 e. The van der Waals surface area contributed by atoms with Crippen molar-refractivity contribution in [1.29, 1.82) is 0 Å². The molecule has 0 aromatic heterocycles. The lowest BCUT2D eigenvalue weighted by Crippen LogP contribution is -2.39. The molecule has 30 heavy (non-hydrogen) atoms. The number of hydrogen-bond acceptors (Lipinski definition) is 3. The van der Waals surface area contributed by atoms with Crippen LogP contribution in [-0.2, 0) is 28.0 Å². The zero-order valence-electron chi connectivity index (χ0n) is 17.2. The summed E-state index contributed by atoms with van der Waals surface area (Å²) in [6, 6.07) is 10.9. The highest BCUT2D eigenvalue weighted by molar-refractivity contribution is 5.96. The van der Waals surface area contributed by atoms with E-state index < -0.39 is 17.6 Å². The number of anilines is 1. The van der Waals surface area contributed by atoms with Crippen LogP contribution in [0.1, 0.15) is 43.4 Å². The van der Waals surface area contributed by atoms with Crippen LogP contribution in [0, 0.1) is 11.6 Å². The number of carbonyl (C=O) groups is 2. The Kier molecular flexibility index (Phi) is 6.51. The van der Waals surface area contributed by atoms with E-state index in [1.54, 1.807) is 0 Å². The fourth-order valence-corrected chi connectivity index (χ4v) is 3.89. The van der Waals surface area contributed by atoms with Crippen LogP contribution in [0.25, 0.3) is 0 Å². The summed E-state index contributed by atoms with van der Waals surface area (Å²) < 4.78 is 28.4. The minimum absolute atomic E-state index is 0.0611. The Balaban J connectivity index is 1.69. The number of aliphatic carboxylic acids is 1. The predicted molar refractivity (Wildman–Crippen MR) is 110 cm³/mol. The average molecular weight is 416 g/mol. The van der Waals surface area contributed by atoms with Gasteiger partial charge in [-0.1, -0.05) is 30.3 Å². The highest BCUT2D eigenvalue weighted by Crippen LogP contribution is 2.35. The molecule has 0 spiro atoms. The van der Waals surface area contributed by atoms with Gasteiger partial charge < -0.3 is 15.3 Å². The smallest absolute Gasteiger partial charge is 0.303 e. The number of halogens is 2. The van der Waals surface area contributed by atoms with E-state index in [0.717, 1.165) is 11.6 Å². The zero-order chi connectivity index (χ0) is 21.9. The van der Waals surface area contributed by atoms with Crippen molar-refractivity contribution >= 4 is 17.6 Å². The lowest BCUT2D eigenvalue weighted by Gasteiger charge is -2.27. The summed E-state index contributed by atoms with van der Waals surface area (Å²) in [7, 11) is 0. The molecule has 0 aliphatic carbocycles. The number of rotatable bonds is 8. The van der Waals surface area contributed by atoms with Crippen LogP contribution in [0.4, 0.5) is 14.5 Å². The first-order chi connectivity index (χ1) is 14.2. The van der Waals surface area contributed by atoms with Crippen LogP contribution in [0.15, 0.2) is 36.4 Å². The molecule has 0 radical (unpaired) electrons. The van der Waals surface area contributed by atoms with Crippen molar-refractivity contribution < 1.29 is 23.5 Å². The van der Waals surface area contributed by atoms with Crippen molar-refractivity contribution in [3.8, 4) is 0 Å². The number of nitrogens with zero attached hydrogens (tertiary/aromatic N) is 1. The molecule has 160 valence electrons. The maximum Gasteiger partial charge on any atom is 0.303 e. The molecule has 0 atom stereocenters. The second-order valence-corrected chi connectivity index (χ2v) is 8.01. The van der Waals surface area contributed by atoms with Crippen molar-refractivity contribution in [2.75, 3.05) is 18.0 Å². The Morgan fingerprint density at radius 3 is 2.53 bits per heavy atom. The van der Waals surface area contributed by atoms with E-state index in [9.17, 15) is 18.4 Å². The second kappa shape index (κ2) is 8.92. The van der Waals surface area contributed by atoms with E-state index in [1.807, 2.05) is 44.2 Å². The summed E-state index contributed by atoms with van der Waals surface area (Å²) in [4.78, 5) is 25.1. The Labute approximate surface area is 174 Å². The topological polar surface area (TPSA) is 69.6 Å². The molecule has 0 unspecified atom stereocenters. The first kappa shape index (κ1) is 21.9. The lowest BCUT2D eigenvalue weighted by molar-refractivity contribution is -0.137. The van der Waals surface area contributed by atoms with E-state index in [-0.39, 0.29) is 36.3 Å². The Morgan fingerprint density at radius 1 is 1.17 bits per heavy atom. The fraction of sp³-hybridized carbons (Fsp3) is 0.391.